The van der Waals surface area contributed by atoms with E-state index in [4.69, 9.17) is 27.9 Å². The van der Waals surface area contributed by atoms with E-state index in [1.807, 2.05) is 24.7 Å². The first-order chi connectivity index (χ1) is 14.1. The maximum absolute atomic E-state index is 11.6. The summed E-state index contributed by atoms with van der Waals surface area (Å²) >= 11 is 0. The quantitative estimate of drug-likeness (QED) is 0.558. The van der Waals surface area contributed by atoms with Crippen molar-refractivity contribution in [2.24, 2.45) is 5.73 Å². The van der Waals surface area contributed by atoms with Crippen molar-refractivity contribution in [3.05, 3.63) is 29.3 Å². The number of fused-ring (bicyclic) bond motifs is 1. The standard InChI is InChI=1S/C19H29NO8Si2/c1-14(21)25-30(26-15(2)22,27-16(3)23)11-8-17-6-7-19-18(12-17)13-24-29(4,28-19)10-5-9-20/h6-7,12H,5,8-11,13,20H2,1-4H3. The molecule has 2 N–H and O–H groups in total. The Labute approximate surface area is 178 Å². The Hall–Kier alpha value is -2.22. The van der Waals surface area contributed by atoms with Crippen LogP contribution in [-0.4, -0.2) is 41.8 Å². The molecule has 166 valence electrons. The number of nitrogens with two attached hydrogens (primary N) is 1. The van der Waals surface area contributed by atoms with Crippen LogP contribution in [0.2, 0.25) is 18.6 Å². The molecule has 0 bridgehead atoms. The third kappa shape index (κ3) is 6.94. The molecule has 1 aliphatic rings. The van der Waals surface area contributed by atoms with Gasteiger partial charge in [-0.05, 0) is 43.6 Å². The molecule has 9 nitrogen and oxygen atoms in total. The number of aryl methyl sites for hydroxylation is 1. The van der Waals surface area contributed by atoms with Gasteiger partial charge in [0.15, 0.2) is 0 Å². The summed E-state index contributed by atoms with van der Waals surface area (Å²) in [6.45, 7) is 6.59. The summed E-state index contributed by atoms with van der Waals surface area (Å²) in [4.78, 5) is 34.7. The number of hydrogen-bond donors (Lipinski definition) is 1. The first kappa shape index (κ1) is 24.1. The fourth-order valence-electron chi connectivity index (χ4n) is 3.21. The number of carbonyl (C=O) groups is 3. The van der Waals surface area contributed by atoms with Crippen LogP contribution in [-0.2, 0) is 45.1 Å². The Kier molecular flexibility index (Phi) is 8.18. The minimum absolute atomic E-state index is 0.0786. The summed E-state index contributed by atoms with van der Waals surface area (Å²) in [7, 11) is -6.13. The van der Waals surface area contributed by atoms with Crippen molar-refractivity contribution in [2.75, 3.05) is 6.54 Å². The van der Waals surface area contributed by atoms with E-state index in [2.05, 4.69) is 0 Å². The molecule has 1 aromatic rings. The lowest BCUT2D eigenvalue weighted by atomic mass is 10.1. The molecule has 0 radical (unpaired) electrons. The molecule has 11 heteroatoms. The molecule has 30 heavy (non-hydrogen) atoms. The summed E-state index contributed by atoms with van der Waals surface area (Å²) < 4.78 is 27.8. The van der Waals surface area contributed by atoms with E-state index < -0.39 is 35.3 Å². The minimum atomic E-state index is -3.86. The van der Waals surface area contributed by atoms with Gasteiger partial charge in [-0.15, -0.1) is 0 Å². The van der Waals surface area contributed by atoms with Gasteiger partial charge in [-0.3, -0.25) is 14.4 Å². The highest BCUT2D eigenvalue weighted by atomic mass is 28.4. The van der Waals surface area contributed by atoms with Crippen molar-refractivity contribution >= 4 is 35.3 Å². The van der Waals surface area contributed by atoms with Crippen molar-refractivity contribution in [3.8, 4) is 5.75 Å². The second-order valence-electron chi connectivity index (χ2n) is 7.32. The first-order valence-electron chi connectivity index (χ1n) is 9.80. The van der Waals surface area contributed by atoms with E-state index in [9.17, 15) is 14.4 Å². The van der Waals surface area contributed by atoms with E-state index in [0.717, 1.165) is 29.3 Å². The van der Waals surface area contributed by atoms with Crippen LogP contribution >= 0.6 is 0 Å². The summed E-state index contributed by atoms with van der Waals surface area (Å²) in [5.41, 5.74) is 7.39. The first-order valence-corrected chi connectivity index (χ1v) is 14.3. The second kappa shape index (κ2) is 10.2. The molecular weight excluding hydrogens is 426 g/mol. The molecule has 0 fully saturated rings. The molecule has 2 rings (SSSR count). The van der Waals surface area contributed by atoms with Crippen molar-refractivity contribution < 1.29 is 36.5 Å². The molecule has 1 unspecified atom stereocenters. The van der Waals surface area contributed by atoms with Gasteiger partial charge in [0.1, 0.15) is 5.75 Å². The second-order valence-corrected chi connectivity index (χ2v) is 13.1. The lowest BCUT2D eigenvalue weighted by Gasteiger charge is -2.33. The largest absolute Gasteiger partial charge is 0.705 e. The predicted octanol–water partition coefficient (Wildman–Crippen LogP) is 2.19. The zero-order chi connectivity index (χ0) is 22.4. The van der Waals surface area contributed by atoms with Gasteiger partial charge >= 0.3 is 17.4 Å². The smallest absolute Gasteiger partial charge is 0.520 e. The zero-order valence-corrected chi connectivity index (χ0v) is 19.8. The molecule has 0 amide bonds. The van der Waals surface area contributed by atoms with E-state index in [1.54, 1.807) is 0 Å². The van der Waals surface area contributed by atoms with Crippen LogP contribution in [0.5, 0.6) is 5.75 Å². The van der Waals surface area contributed by atoms with E-state index >= 15 is 0 Å². The molecule has 1 atom stereocenters. The summed E-state index contributed by atoms with van der Waals surface area (Å²) in [5.74, 6) is -1.26. The highest BCUT2D eigenvalue weighted by Crippen LogP contribution is 2.33. The summed E-state index contributed by atoms with van der Waals surface area (Å²) in [6, 6.07) is 6.60. The van der Waals surface area contributed by atoms with Gasteiger partial charge in [0.05, 0.1) is 12.7 Å². The van der Waals surface area contributed by atoms with Crippen LogP contribution in [0.3, 0.4) is 0 Å². The van der Waals surface area contributed by atoms with E-state index in [1.165, 1.54) is 20.8 Å². The van der Waals surface area contributed by atoms with Crippen molar-refractivity contribution in [3.63, 3.8) is 0 Å². The maximum atomic E-state index is 11.6. The molecule has 1 aliphatic heterocycles. The van der Waals surface area contributed by atoms with Crippen molar-refractivity contribution in [2.45, 2.75) is 58.9 Å². The van der Waals surface area contributed by atoms with Gasteiger partial charge in [-0.25, -0.2) is 0 Å². The van der Waals surface area contributed by atoms with Gasteiger partial charge in [-0.2, -0.15) is 0 Å². The van der Waals surface area contributed by atoms with Crippen LogP contribution < -0.4 is 10.2 Å². The highest BCUT2D eigenvalue weighted by Gasteiger charge is 2.51. The van der Waals surface area contributed by atoms with Crippen LogP contribution in [0.1, 0.15) is 38.3 Å². The molecule has 0 saturated heterocycles. The lowest BCUT2D eigenvalue weighted by molar-refractivity contribution is -0.147. The van der Waals surface area contributed by atoms with Gasteiger partial charge in [-0.1, -0.05) is 6.07 Å². The van der Waals surface area contributed by atoms with E-state index in [0.29, 0.717) is 19.6 Å². The molecule has 0 aromatic heterocycles. The number of hydrogen-bond acceptors (Lipinski definition) is 9. The van der Waals surface area contributed by atoms with Gasteiger partial charge < -0.3 is 27.9 Å². The SMILES string of the molecule is CC(=O)O[Si](CCc1ccc2c(c1)CO[Si](C)(CCCN)O2)(OC(C)=O)OC(C)=O. The Morgan fingerprint density at radius 3 is 2.23 bits per heavy atom. The molecule has 1 heterocycles. The Morgan fingerprint density at radius 1 is 1.10 bits per heavy atom. The van der Waals surface area contributed by atoms with Gasteiger partial charge in [0, 0.05) is 32.4 Å². The average molecular weight is 456 g/mol. The Balaban J connectivity index is 2.15. The Morgan fingerprint density at radius 2 is 1.70 bits per heavy atom. The highest BCUT2D eigenvalue weighted by molar-refractivity contribution is 6.67. The molecule has 0 aliphatic carbocycles. The predicted molar refractivity (Wildman–Crippen MR) is 112 cm³/mol. The van der Waals surface area contributed by atoms with Crippen LogP contribution in [0.4, 0.5) is 0 Å². The molecular formula is C19H29NO8Si2. The molecule has 1 aromatic carbocycles. The maximum Gasteiger partial charge on any atom is 0.705 e. The number of benzene rings is 1. The fraction of sp³-hybridized carbons (Fsp3) is 0.526. The van der Waals surface area contributed by atoms with Crippen molar-refractivity contribution in [1.82, 2.24) is 0 Å². The molecule has 0 spiro atoms. The fourth-order valence-corrected chi connectivity index (χ4v) is 7.83. The van der Waals surface area contributed by atoms with Crippen molar-refractivity contribution in [1.29, 1.82) is 0 Å². The lowest BCUT2D eigenvalue weighted by Crippen LogP contribution is -2.49. The van der Waals surface area contributed by atoms with E-state index in [-0.39, 0.29) is 6.04 Å². The average Bonchev–Trinajstić information content (AvgIpc) is 2.63. The molecule has 0 saturated carbocycles. The summed E-state index contributed by atoms with van der Waals surface area (Å²) in [5, 5.41) is 0. The van der Waals surface area contributed by atoms with Gasteiger partial charge in [0.2, 0.25) is 0 Å². The van der Waals surface area contributed by atoms with Crippen LogP contribution in [0, 0.1) is 0 Å². The van der Waals surface area contributed by atoms with Gasteiger partial charge in [0.25, 0.3) is 17.9 Å². The Bertz CT molecular complexity index is 762. The zero-order valence-electron chi connectivity index (χ0n) is 17.8. The topological polar surface area (TPSA) is 123 Å². The third-order valence-corrected chi connectivity index (χ3v) is 9.76. The van der Waals surface area contributed by atoms with Crippen LogP contribution in [0.15, 0.2) is 18.2 Å². The summed E-state index contributed by atoms with van der Waals surface area (Å²) in [6.07, 6.45) is 1.22. The monoisotopic (exact) mass is 455 g/mol. The van der Waals surface area contributed by atoms with Crippen LogP contribution in [0.25, 0.3) is 0 Å². The third-order valence-electron chi connectivity index (χ3n) is 4.44. The number of carbonyl (C=O) groups excluding carboxylic acids is 3. The normalized spacial score (nSPS) is 18.0. The minimum Gasteiger partial charge on any atom is -0.520 e. The number of rotatable bonds is 9.